The molecule has 0 aliphatic rings. The number of carbonyl (C=O) groups excluding carboxylic acids is 2. The molecule has 0 aliphatic heterocycles. The molecule has 2 aromatic rings. The zero-order valence-corrected chi connectivity index (χ0v) is 13.2. The normalized spacial score (nSPS) is 10.3. The van der Waals surface area contributed by atoms with Gasteiger partial charge in [-0.1, -0.05) is 23.7 Å². The number of benzene rings is 1. The number of halogens is 1. The van der Waals surface area contributed by atoms with Gasteiger partial charge in [0.15, 0.2) is 0 Å². The van der Waals surface area contributed by atoms with E-state index in [1.165, 1.54) is 0 Å². The minimum Gasteiger partial charge on any atom is -0.465 e. The number of esters is 1. The van der Waals surface area contributed by atoms with E-state index in [0.29, 0.717) is 17.3 Å². The predicted molar refractivity (Wildman–Crippen MR) is 84.8 cm³/mol. The Morgan fingerprint density at radius 3 is 2.55 bits per heavy atom. The highest BCUT2D eigenvalue weighted by Gasteiger charge is 2.14. The first-order chi connectivity index (χ1) is 10.5. The van der Waals surface area contributed by atoms with Gasteiger partial charge in [0.2, 0.25) is 0 Å². The molecular weight excluding hydrogens is 304 g/mol. The van der Waals surface area contributed by atoms with Crippen molar-refractivity contribution in [2.24, 2.45) is 7.05 Å². The number of aromatic nitrogens is 1. The molecule has 1 heterocycles. The van der Waals surface area contributed by atoms with E-state index < -0.39 is 5.97 Å². The van der Waals surface area contributed by atoms with Crippen molar-refractivity contribution in [3.63, 3.8) is 0 Å². The van der Waals surface area contributed by atoms with Crippen molar-refractivity contribution in [1.29, 1.82) is 0 Å². The van der Waals surface area contributed by atoms with E-state index in [1.807, 2.05) is 18.3 Å². The molecule has 1 aromatic carbocycles. The lowest BCUT2D eigenvalue weighted by molar-refractivity contribution is -0.141. The van der Waals surface area contributed by atoms with Gasteiger partial charge in [-0.15, -0.1) is 0 Å². The lowest BCUT2D eigenvalue weighted by Gasteiger charge is -2.05. The summed E-state index contributed by atoms with van der Waals surface area (Å²) in [7, 11) is 1.78. The van der Waals surface area contributed by atoms with Crippen LogP contribution in [-0.2, 0) is 16.6 Å². The molecule has 6 heteroatoms. The van der Waals surface area contributed by atoms with E-state index >= 15 is 0 Å². The first kappa shape index (κ1) is 16.1. The van der Waals surface area contributed by atoms with Crippen LogP contribution in [0.25, 0.3) is 11.1 Å². The van der Waals surface area contributed by atoms with Crippen molar-refractivity contribution in [2.75, 3.05) is 13.2 Å². The van der Waals surface area contributed by atoms with Crippen molar-refractivity contribution in [2.45, 2.75) is 6.92 Å². The molecule has 0 unspecified atom stereocenters. The quantitative estimate of drug-likeness (QED) is 0.862. The van der Waals surface area contributed by atoms with Gasteiger partial charge in [-0.25, -0.2) is 0 Å². The van der Waals surface area contributed by atoms with Gasteiger partial charge in [0, 0.05) is 23.8 Å². The van der Waals surface area contributed by atoms with Gasteiger partial charge in [-0.2, -0.15) is 0 Å². The number of hydrogen-bond acceptors (Lipinski definition) is 3. The zero-order valence-electron chi connectivity index (χ0n) is 12.4. The van der Waals surface area contributed by atoms with Crippen molar-refractivity contribution in [3.05, 3.63) is 47.2 Å². The fraction of sp³-hybridized carbons (Fsp3) is 0.250. The van der Waals surface area contributed by atoms with Crippen LogP contribution in [0, 0.1) is 0 Å². The Morgan fingerprint density at radius 2 is 1.91 bits per heavy atom. The first-order valence-corrected chi connectivity index (χ1v) is 7.25. The molecule has 22 heavy (non-hydrogen) atoms. The maximum Gasteiger partial charge on any atom is 0.325 e. The van der Waals surface area contributed by atoms with Crippen LogP contribution in [-0.4, -0.2) is 29.6 Å². The molecule has 0 saturated carbocycles. The van der Waals surface area contributed by atoms with Crippen LogP contribution in [0.15, 0.2) is 36.5 Å². The van der Waals surface area contributed by atoms with Crippen LogP contribution >= 0.6 is 11.6 Å². The van der Waals surface area contributed by atoms with Crippen molar-refractivity contribution in [3.8, 4) is 11.1 Å². The van der Waals surface area contributed by atoms with Gasteiger partial charge in [0.25, 0.3) is 5.91 Å². The summed E-state index contributed by atoms with van der Waals surface area (Å²) < 4.78 is 6.48. The van der Waals surface area contributed by atoms with Gasteiger partial charge < -0.3 is 14.6 Å². The minimum absolute atomic E-state index is 0.145. The van der Waals surface area contributed by atoms with Crippen LogP contribution in [0.5, 0.6) is 0 Å². The largest absolute Gasteiger partial charge is 0.465 e. The Hall–Kier alpha value is -2.27. The highest BCUT2D eigenvalue weighted by atomic mass is 35.5. The van der Waals surface area contributed by atoms with Crippen molar-refractivity contribution >= 4 is 23.5 Å². The SMILES string of the molecule is CCOC(=O)CNC(=O)c1cc(-c2ccc(Cl)cc2)cn1C. The molecule has 0 bridgehead atoms. The fourth-order valence-corrected chi connectivity index (χ4v) is 2.17. The second kappa shape index (κ2) is 7.13. The van der Waals surface area contributed by atoms with Gasteiger partial charge in [0.05, 0.1) is 6.61 Å². The van der Waals surface area contributed by atoms with E-state index in [1.54, 1.807) is 36.7 Å². The lowest BCUT2D eigenvalue weighted by atomic mass is 10.1. The third-order valence-corrected chi connectivity index (χ3v) is 3.37. The second-order valence-electron chi connectivity index (χ2n) is 4.72. The molecule has 1 amide bonds. The molecule has 0 fully saturated rings. The molecule has 116 valence electrons. The third kappa shape index (κ3) is 3.89. The van der Waals surface area contributed by atoms with Gasteiger partial charge in [-0.3, -0.25) is 9.59 Å². The summed E-state index contributed by atoms with van der Waals surface area (Å²) in [4.78, 5) is 23.4. The predicted octanol–water partition coefficient (Wildman–Crippen LogP) is 2.64. The fourth-order valence-electron chi connectivity index (χ4n) is 2.05. The number of nitrogens with one attached hydrogen (secondary N) is 1. The highest BCUT2D eigenvalue weighted by molar-refractivity contribution is 6.30. The van der Waals surface area contributed by atoms with Crippen LogP contribution in [0.3, 0.4) is 0 Å². The van der Waals surface area contributed by atoms with E-state index in [2.05, 4.69) is 5.32 Å². The monoisotopic (exact) mass is 320 g/mol. The molecule has 0 atom stereocenters. The van der Waals surface area contributed by atoms with Crippen LogP contribution in [0.2, 0.25) is 5.02 Å². The van der Waals surface area contributed by atoms with Crippen molar-refractivity contribution in [1.82, 2.24) is 9.88 Å². The van der Waals surface area contributed by atoms with E-state index in [-0.39, 0.29) is 12.5 Å². The van der Waals surface area contributed by atoms with Gasteiger partial charge in [0.1, 0.15) is 12.2 Å². The standard InChI is InChI=1S/C16H17ClN2O3/c1-3-22-15(20)9-18-16(21)14-8-12(10-19(14)2)11-4-6-13(17)7-5-11/h4-8,10H,3,9H2,1-2H3,(H,18,21). The summed E-state index contributed by atoms with van der Waals surface area (Å²) in [5.74, 6) is -0.779. The zero-order chi connectivity index (χ0) is 16.1. The first-order valence-electron chi connectivity index (χ1n) is 6.87. The molecule has 1 N–H and O–H groups in total. The molecule has 5 nitrogen and oxygen atoms in total. The maximum absolute atomic E-state index is 12.1. The number of nitrogens with zero attached hydrogens (tertiary/aromatic N) is 1. The summed E-state index contributed by atoms with van der Waals surface area (Å²) >= 11 is 5.87. The molecule has 0 saturated heterocycles. The third-order valence-electron chi connectivity index (χ3n) is 3.11. The number of amides is 1. The Morgan fingerprint density at radius 1 is 1.23 bits per heavy atom. The molecule has 0 spiro atoms. The summed E-state index contributed by atoms with van der Waals surface area (Å²) in [6, 6.07) is 9.13. The van der Waals surface area contributed by atoms with E-state index in [0.717, 1.165) is 11.1 Å². The van der Waals surface area contributed by atoms with Gasteiger partial charge >= 0.3 is 5.97 Å². The average Bonchev–Trinajstić information content (AvgIpc) is 2.88. The highest BCUT2D eigenvalue weighted by Crippen LogP contribution is 2.23. The summed E-state index contributed by atoms with van der Waals surface area (Å²) in [5, 5.41) is 3.20. The lowest BCUT2D eigenvalue weighted by Crippen LogP contribution is -2.31. The Kier molecular flexibility index (Phi) is 5.22. The number of hydrogen-bond donors (Lipinski definition) is 1. The Bertz CT molecular complexity index is 677. The molecular formula is C16H17ClN2O3. The smallest absolute Gasteiger partial charge is 0.325 e. The second-order valence-corrected chi connectivity index (χ2v) is 5.16. The number of carbonyl (C=O) groups is 2. The topological polar surface area (TPSA) is 60.3 Å². The van der Waals surface area contributed by atoms with Crippen molar-refractivity contribution < 1.29 is 14.3 Å². The molecule has 2 rings (SSSR count). The average molecular weight is 321 g/mol. The number of aryl methyl sites for hydroxylation is 1. The summed E-state index contributed by atoms with van der Waals surface area (Å²) in [6.07, 6.45) is 1.85. The van der Waals surface area contributed by atoms with Crippen LogP contribution in [0.1, 0.15) is 17.4 Å². The van der Waals surface area contributed by atoms with Gasteiger partial charge in [-0.05, 0) is 30.7 Å². The van der Waals surface area contributed by atoms with Crippen LogP contribution < -0.4 is 5.32 Å². The summed E-state index contributed by atoms with van der Waals surface area (Å²) in [5.41, 5.74) is 2.33. The summed E-state index contributed by atoms with van der Waals surface area (Å²) in [6.45, 7) is 1.86. The van der Waals surface area contributed by atoms with E-state index in [9.17, 15) is 9.59 Å². The number of ether oxygens (including phenoxy) is 1. The Labute approximate surface area is 133 Å². The number of rotatable bonds is 5. The Balaban J connectivity index is 2.10. The maximum atomic E-state index is 12.1. The molecule has 1 aromatic heterocycles. The molecule has 0 aliphatic carbocycles. The minimum atomic E-state index is -0.456. The molecule has 0 radical (unpaired) electrons. The van der Waals surface area contributed by atoms with Crippen LogP contribution in [0.4, 0.5) is 0 Å². The van der Waals surface area contributed by atoms with E-state index in [4.69, 9.17) is 16.3 Å².